The molecule has 2 aromatic heterocycles. The molecule has 0 atom stereocenters. The molecule has 4 aromatic rings. The van der Waals surface area contributed by atoms with Gasteiger partial charge in [0, 0.05) is 22.8 Å². The van der Waals surface area contributed by atoms with Gasteiger partial charge in [-0.25, -0.2) is 19.2 Å². The Morgan fingerprint density at radius 3 is 2.57 bits per heavy atom. The number of nitrogens with two attached hydrogens (primary N) is 1. The summed E-state index contributed by atoms with van der Waals surface area (Å²) in [7, 11) is 1.66. The molecule has 0 aliphatic carbocycles. The molecule has 0 radical (unpaired) electrons. The van der Waals surface area contributed by atoms with Crippen LogP contribution in [0.3, 0.4) is 0 Å². The van der Waals surface area contributed by atoms with Gasteiger partial charge in [-0.2, -0.15) is 0 Å². The summed E-state index contributed by atoms with van der Waals surface area (Å²) in [6.45, 7) is 3.56. The van der Waals surface area contributed by atoms with E-state index in [9.17, 15) is 9.18 Å². The van der Waals surface area contributed by atoms with Crippen LogP contribution in [0.15, 0.2) is 54.7 Å². The lowest BCUT2D eigenvalue weighted by molar-refractivity contribution is 0.0695. The lowest BCUT2D eigenvalue weighted by Gasteiger charge is -2.03. The molecule has 0 aliphatic heterocycles. The summed E-state index contributed by atoms with van der Waals surface area (Å²) in [5.74, 6) is 5.52. The van der Waals surface area contributed by atoms with Crippen LogP contribution in [0.5, 0.6) is 5.75 Å². The number of halogens is 1. The number of aromatic carboxylic acids is 1. The van der Waals surface area contributed by atoms with E-state index >= 15 is 0 Å². The molecule has 3 N–H and O–H groups in total. The van der Waals surface area contributed by atoms with E-state index in [2.05, 4.69) is 9.97 Å². The number of aryl methyl sites for hydroxylation is 2. The fourth-order valence-electron chi connectivity index (χ4n) is 2.92. The van der Waals surface area contributed by atoms with Crippen molar-refractivity contribution in [3.63, 3.8) is 0 Å². The maximum Gasteiger partial charge on any atom is 0.339 e. The minimum absolute atomic E-state index is 0.0464. The van der Waals surface area contributed by atoms with Gasteiger partial charge in [0.1, 0.15) is 11.6 Å². The van der Waals surface area contributed by atoms with E-state index in [1.807, 2.05) is 31.2 Å². The van der Waals surface area contributed by atoms with Crippen LogP contribution in [0.2, 0.25) is 0 Å². The van der Waals surface area contributed by atoms with Crippen LogP contribution in [-0.4, -0.2) is 32.8 Å². The number of hydrogen-bond donors (Lipinski definition) is 2. The standard InChI is InChI=1S/C12H9FN2O2.C10H12N2O/c1-7-10(12(16)17)6-14-11(15-7)8-3-2-4-9(13)5-8;1-7-5-8-6-9(13-2)3-4-10(8)12(7)11/h2-6H,1H3,(H,16,17);3-6H,11H2,1-2H3. The average Bonchev–Trinajstić information content (AvgIpc) is 3.01. The monoisotopic (exact) mass is 408 g/mol. The molecule has 2 heterocycles. The van der Waals surface area contributed by atoms with E-state index in [1.54, 1.807) is 30.8 Å². The predicted octanol–water partition coefficient (Wildman–Crippen LogP) is 3.96. The third kappa shape index (κ3) is 4.38. The van der Waals surface area contributed by atoms with Gasteiger partial charge >= 0.3 is 5.97 Å². The second-order valence-electron chi connectivity index (χ2n) is 6.59. The highest BCUT2D eigenvalue weighted by Crippen LogP contribution is 2.22. The highest BCUT2D eigenvalue weighted by Gasteiger charge is 2.11. The maximum atomic E-state index is 13.0. The van der Waals surface area contributed by atoms with Gasteiger partial charge in [-0.1, -0.05) is 12.1 Å². The van der Waals surface area contributed by atoms with E-state index < -0.39 is 5.97 Å². The first-order chi connectivity index (χ1) is 14.3. The molecule has 0 amide bonds. The van der Waals surface area contributed by atoms with Crippen LogP contribution in [0.4, 0.5) is 4.39 Å². The first-order valence-electron chi connectivity index (χ1n) is 9.04. The molecule has 0 unspecified atom stereocenters. The van der Waals surface area contributed by atoms with Crippen molar-refractivity contribution in [3.8, 4) is 17.1 Å². The Balaban J connectivity index is 0.000000177. The third-order valence-electron chi connectivity index (χ3n) is 4.53. The van der Waals surface area contributed by atoms with Gasteiger partial charge in [0.2, 0.25) is 0 Å². The van der Waals surface area contributed by atoms with Crippen LogP contribution >= 0.6 is 0 Å². The Hall–Kier alpha value is -3.94. The highest BCUT2D eigenvalue weighted by atomic mass is 19.1. The smallest absolute Gasteiger partial charge is 0.339 e. The largest absolute Gasteiger partial charge is 0.497 e. The Labute approximate surface area is 172 Å². The molecule has 8 heteroatoms. The van der Waals surface area contributed by atoms with Gasteiger partial charge in [0.25, 0.3) is 0 Å². The Kier molecular flexibility index (Phi) is 5.96. The quantitative estimate of drug-likeness (QED) is 0.498. The zero-order chi connectivity index (χ0) is 21.8. The number of hydrogen-bond acceptors (Lipinski definition) is 5. The van der Waals surface area contributed by atoms with E-state index in [4.69, 9.17) is 15.7 Å². The SMILES string of the molecule is COc1ccc2c(c1)cc(C)n2N.Cc1nc(-c2cccc(F)c2)ncc1C(=O)O. The number of aromatic nitrogens is 3. The summed E-state index contributed by atoms with van der Waals surface area (Å²) in [6, 6.07) is 13.7. The van der Waals surface area contributed by atoms with E-state index in [0.29, 0.717) is 17.1 Å². The van der Waals surface area contributed by atoms with Gasteiger partial charge in [-0.15, -0.1) is 0 Å². The number of fused-ring (bicyclic) bond motifs is 1. The number of carboxylic acid groups (broad SMARTS) is 1. The first-order valence-corrected chi connectivity index (χ1v) is 9.04. The molecule has 0 spiro atoms. The first kappa shape index (κ1) is 20.8. The van der Waals surface area contributed by atoms with Gasteiger partial charge in [-0.05, 0) is 50.2 Å². The molecule has 0 bridgehead atoms. The van der Waals surface area contributed by atoms with Gasteiger partial charge < -0.3 is 15.7 Å². The molecular formula is C22H21FN4O3. The number of ether oxygens (including phenoxy) is 1. The summed E-state index contributed by atoms with van der Waals surface area (Å²) in [4.78, 5) is 18.7. The summed E-state index contributed by atoms with van der Waals surface area (Å²) in [5, 5.41) is 9.94. The minimum atomic E-state index is -1.08. The summed E-state index contributed by atoms with van der Waals surface area (Å²) in [5.41, 5.74) is 2.99. The Morgan fingerprint density at radius 1 is 1.17 bits per heavy atom. The normalized spacial score (nSPS) is 10.4. The molecule has 0 saturated heterocycles. The Bertz CT molecular complexity index is 1220. The van der Waals surface area contributed by atoms with Crippen molar-refractivity contribution in [3.05, 3.63) is 77.5 Å². The molecule has 0 aliphatic rings. The lowest BCUT2D eigenvalue weighted by atomic mass is 10.2. The van der Waals surface area contributed by atoms with Crippen LogP contribution in [0.25, 0.3) is 22.3 Å². The number of benzene rings is 2. The summed E-state index contributed by atoms with van der Waals surface area (Å²) in [6.07, 6.45) is 1.23. The van der Waals surface area contributed by atoms with E-state index in [1.165, 1.54) is 18.3 Å². The third-order valence-corrected chi connectivity index (χ3v) is 4.53. The predicted molar refractivity (Wildman–Crippen MR) is 112 cm³/mol. The zero-order valence-corrected chi connectivity index (χ0v) is 16.8. The number of methoxy groups -OCH3 is 1. The Morgan fingerprint density at radius 2 is 1.93 bits per heavy atom. The minimum Gasteiger partial charge on any atom is -0.497 e. The highest BCUT2D eigenvalue weighted by molar-refractivity contribution is 5.88. The summed E-state index contributed by atoms with van der Waals surface area (Å²) >= 11 is 0. The maximum absolute atomic E-state index is 13.0. The van der Waals surface area contributed by atoms with E-state index in [-0.39, 0.29) is 11.4 Å². The molecule has 0 fully saturated rings. The number of nitrogens with zero attached hydrogens (tertiary/aromatic N) is 3. The molecular weight excluding hydrogens is 387 g/mol. The van der Waals surface area contributed by atoms with Gasteiger partial charge in [0.15, 0.2) is 5.82 Å². The molecule has 7 nitrogen and oxygen atoms in total. The van der Waals surface area contributed by atoms with Crippen molar-refractivity contribution in [2.24, 2.45) is 0 Å². The summed E-state index contributed by atoms with van der Waals surface area (Å²) < 4.78 is 19.8. The fourth-order valence-corrected chi connectivity index (χ4v) is 2.92. The number of rotatable bonds is 3. The van der Waals surface area contributed by atoms with Crippen molar-refractivity contribution in [2.45, 2.75) is 13.8 Å². The molecule has 154 valence electrons. The molecule has 2 aromatic carbocycles. The van der Waals surface area contributed by atoms with Crippen molar-refractivity contribution in [2.75, 3.05) is 13.0 Å². The van der Waals surface area contributed by atoms with Crippen LogP contribution in [-0.2, 0) is 0 Å². The zero-order valence-electron chi connectivity index (χ0n) is 16.8. The topological polar surface area (TPSA) is 103 Å². The number of carbonyl (C=O) groups is 1. The average molecular weight is 408 g/mol. The van der Waals surface area contributed by atoms with Crippen molar-refractivity contribution >= 4 is 16.9 Å². The van der Waals surface area contributed by atoms with Crippen molar-refractivity contribution in [1.29, 1.82) is 0 Å². The number of carboxylic acids is 1. The second kappa shape index (κ2) is 8.60. The van der Waals surface area contributed by atoms with Crippen LogP contribution in [0, 0.1) is 19.7 Å². The fraction of sp³-hybridized carbons (Fsp3) is 0.136. The van der Waals surface area contributed by atoms with E-state index in [0.717, 1.165) is 22.3 Å². The van der Waals surface area contributed by atoms with Crippen LogP contribution < -0.4 is 10.6 Å². The van der Waals surface area contributed by atoms with Gasteiger partial charge in [0.05, 0.1) is 23.9 Å². The lowest BCUT2D eigenvalue weighted by Crippen LogP contribution is -2.08. The van der Waals surface area contributed by atoms with Crippen molar-refractivity contribution in [1.82, 2.24) is 14.6 Å². The van der Waals surface area contributed by atoms with Crippen LogP contribution in [0.1, 0.15) is 21.7 Å². The molecule has 0 saturated carbocycles. The molecule has 30 heavy (non-hydrogen) atoms. The van der Waals surface area contributed by atoms with Gasteiger partial charge in [-0.3, -0.25) is 4.68 Å². The number of nitrogen functional groups attached to an aromatic ring is 1. The van der Waals surface area contributed by atoms with Crippen molar-refractivity contribution < 1.29 is 19.0 Å². The second-order valence-corrected chi connectivity index (χ2v) is 6.59. The molecule has 4 rings (SSSR count).